The zero-order valence-corrected chi connectivity index (χ0v) is 20.9. The van der Waals surface area contributed by atoms with E-state index in [2.05, 4.69) is 24.5 Å². The zero-order chi connectivity index (χ0) is 24.1. The van der Waals surface area contributed by atoms with E-state index in [9.17, 15) is 9.59 Å². The molecular formula is C26H25Cl3N2O2. The van der Waals surface area contributed by atoms with E-state index in [0.29, 0.717) is 32.7 Å². The summed E-state index contributed by atoms with van der Waals surface area (Å²) in [6.45, 7) is 5.99. The van der Waals surface area contributed by atoms with E-state index in [-0.39, 0.29) is 29.3 Å². The molecule has 0 heterocycles. The molecule has 3 aromatic rings. The number of hydrogen-bond donors (Lipinski definition) is 2. The number of amides is 2. The van der Waals surface area contributed by atoms with Crippen molar-refractivity contribution in [1.29, 1.82) is 0 Å². The molecule has 0 aromatic heterocycles. The standard InChI is InChI=1S/C26H25Cl3N2O2/c1-15(2)22(31-25(32)23-16(3)6-4-7-19(23)27)14-17-10-12-18(13-11-17)30-26(33)24-20(28)8-5-9-21(24)29/h4-13,15,22H,14H2,1-3H3,(H,30,33)(H,31,32)/t22-/m0/s1. The summed E-state index contributed by atoms with van der Waals surface area (Å²) in [6.07, 6.45) is 0.636. The van der Waals surface area contributed by atoms with Gasteiger partial charge < -0.3 is 10.6 Å². The highest BCUT2D eigenvalue weighted by atomic mass is 35.5. The minimum atomic E-state index is -0.374. The van der Waals surface area contributed by atoms with Crippen LogP contribution in [0.2, 0.25) is 15.1 Å². The van der Waals surface area contributed by atoms with Crippen LogP contribution >= 0.6 is 34.8 Å². The molecule has 0 unspecified atom stereocenters. The van der Waals surface area contributed by atoms with Gasteiger partial charge in [-0.15, -0.1) is 0 Å². The van der Waals surface area contributed by atoms with Gasteiger partial charge in [-0.05, 0) is 60.7 Å². The first-order valence-electron chi connectivity index (χ1n) is 10.6. The van der Waals surface area contributed by atoms with Crippen molar-refractivity contribution in [3.63, 3.8) is 0 Å². The normalized spacial score (nSPS) is 11.8. The number of aryl methyl sites for hydroxylation is 1. The molecule has 2 N–H and O–H groups in total. The Morgan fingerprint density at radius 2 is 1.33 bits per heavy atom. The average molecular weight is 504 g/mol. The van der Waals surface area contributed by atoms with Crippen molar-refractivity contribution in [2.45, 2.75) is 33.2 Å². The lowest BCUT2D eigenvalue weighted by atomic mass is 9.95. The minimum Gasteiger partial charge on any atom is -0.349 e. The van der Waals surface area contributed by atoms with E-state index in [1.54, 1.807) is 24.3 Å². The van der Waals surface area contributed by atoms with E-state index >= 15 is 0 Å². The topological polar surface area (TPSA) is 58.2 Å². The summed E-state index contributed by atoms with van der Waals surface area (Å²) in [5.74, 6) is -0.350. The van der Waals surface area contributed by atoms with Gasteiger partial charge in [-0.2, -0.15) is 0 Å². The number of halogens is 3. The number of nitrogens with one attached hydrogen (secondary N) is 2. The van der Waals surface area contributed by atoms with Crippen molar-refractivity contribution >= 4 is 52.3 Å². The molecule has 172 valence electrons. The predicted molar refractivity (Wildman–Crippen MR) is 137 cm³/mol. The molecule has 0 saturated heterocycles. The van der Waals surface area contributed by atoms with Crippen LogP contribution in [-0.2, 0) is 6.42 Å². The second kappa shape index (κ2) is 11.1. The van der Waals surface area contributed by atoms with Crippen molar-refractivity contribution in [1.82, 2.24) is 5.32 Å². The van der Waals surface area contributed by atoms with Crippen LogP contribution in [0.25, 0.3) is 0 Å². The minimum absolute atomic E-state index is 0.0875. The molecule has 0 saturated carbocycles. The third-order valence-electron chi connectivity index (χ3n) is 5.43. The Labute approximate surface area is 209 Å². The molecule has 3 rings (SSSR count). The maximum Gasteiger partial charge on any atom is 0.258 e. The highest BCUT2D eigenvalue weighted by molar-refractivity contribution is 6.40. The molecular weight excluding hydrogens is 479 g/mol. The highest BCUT2D eigenvalue weighted by Crippen LogP contribution is 2.26. The molecule has 7 heteroatoms. The summed E-state index contributed by atoms with van der Waals surface area (Å²) in [5, 5.41) is 6.96. The van der Waals surface area contributed by atoms with Crippen molar-refractivity contribution in [3.05, 3.63) is 98.0 Å². The molecule has 0 aliphatic rings. The van der Waals surface area contributed by atoms with E-state index < -0.39 is 0 Å². The van der Waals surface area contributed by atoms with E-state index in [1.807, 2.05) is 43.3 Å². The maximum absolute atomic E-state index is 12.9. The first-order chi connectivity index (χ1) is 15.7. The van der Waals surface area contributed by atoms with Gasteiger partial charge in [0.05, 0.1) is 26.2 Å². The fourth-order valence-corrected chi connectivity index (χ4v) is 4.38. The number of benzene rings is 3. The van der Waals surface area contributed by atoms with Gasteiger partial charge in [-0.25, -0.2) is 0 Å². The summed E-state index contributed by atoms with van der Waals surface area (Å²) in [4.78, 5) is 25.5. The number of hydrogen-bond acceptors (Lipinski definition) is 2. The highest BCUT2D eigenvalue weighted by Gasteiger charge is 2.21. The SMILES string of the molecule is Cc1cccc(Cl)c1C(=O)N[C@@H](Cc1ccc(NC(=O)c2c(Cl)cccc2Cl)cc1)C(C)C. The summed E-state index contributed by atoms with van der Waals surface area (Å²) in [7, 11) is 0. The van der Waals surface area contributed by atoms with Gasteiger partial charge in [-0.1, -0.05) is 79.0 Å². The average Bonchev–Trinajstić information content (AvgIpc) is 2.74. The van der Waals surface area contributed by atoms with Crippen LogP contribution in [0.5, 0.6) is 0 Å². The van der Waals surface area contributed by atoms with Gasteiger partial charge in [-0.3, -0.25) is 9.59 Å². The number of carbonyl (C=O) groups is 2. The molecule has 1 atom stereocenters. The van der Waals surface area contributed by atoms with E-state index in [4.69, 9.17) is 34.8 Å². The Hall–Kier alpha value is -2.53. The first-order valence-corrected chi connectivity index (χ1v) is 11.7. The molecule has 4 nitrogen and oxygen atoms in total. The Morgan fingerprint density at radius 3 is 1.88 bits per heavy atom. The van der Waals surface area contributed by atoms with Crippen molar-refractivity contribution in [2.75, 3.05) is 5.32 Å². The molecule has 33 heavy (non-hydrogen) atoms. The van der Waals surface area contributed by atoms with Gasteiger partial charge in [0, 0.05) is 11.7 Å². The molecule has 0 bridgehead atoms. The molecule has 0 radical (unpaired) electrons. The molecule has 0 aliphatic carbocycles. The zero-order valence-electron chi connectivity index (χ0n) is 18.6. The summed E-state index contributed by atoms with van der Waals surface area (Å²) >= 11 is 18.5. The second-order valence-electron chi connectivity index (χ2n) is 8.21. The molecule has 3 aromatic carbocycles. The van der Waals surface area contributed by atoms with Crippen molar-refractivity contribution in [3.8, 4) is 0 Å². The Balaban J connectivity index is 1.69. The van der Waals surface area contributed by atoms with Crippen molar-refractivity contribution in [2.24, 2.45) is 5.92 Å². The monoisotopic (exact) mass is 502 g/mol. The quantitative estimate of drug-likeness (QED) is 0.358. The third kappa shape index (κ3) is 6.29. The molecule has 0 aliphatic heterocycles. The lowest BCUT2D eigenvalue weighted by molar-refractivity contribution is 0.0924. The fourth-order valence-electron chi connectivity index (χ4n) is 3.50. The molecule has 0 spiro atoms. The van der Waals surface area contributed by atoms with E-state index in [0.717, 1.165) is 11.1 Å². The Bertz CT molecular complexity index is 1120. The maximum atomic E-state index is 12.9. The van der Waals surface area contributed by atoms with Crippen LogP contribution in [0.15, 0.2) is 60.7 Å². The second-order valence-corrected chi connectivity index (χ2v) is 9.43. The first kappa shape index (κ1) is 25.1. The van der Waals surface area contributed by atoms with Crippen LogP contribution in [0.4, 0.5) is 5.69 Å². The molecule has 2 amide bonds. The van der Waals surface area contributed by atoms with Gasteiger partial charge in [0.2, 0.25) is 0 Å². The summed E-state index contributed by atoms with van der Waals surface area (Å²) in [6, 6.07) is 17.7. The molecule has 0 fully saturated rings. The number of carbonyl (C=O) groups excluding carboxylic acids is 2. The van der Waals surface area contributed by atoms with Crippen LogP contribution in [0.3, 0.4) is 0 Å². The number of rotatable bonds is 7. The van der Waals surface area contributed by atoms with Crippen LogP contribution in [0.1, 0.15) is 45.7 Å². The van der Waals surface area contributed by atoms with Crippen molar-refractivity contribution < 1.29 is 9.59 Å². The van der Waals surface area contributed by atoms with Gasteiger partial charge >= 0.3 is 0 Å². The third-order valence-corrected chi connectivity index (χ3v) is 6.37. The largest absolute Gasteiger partial charge is 0.349 e. The van der Waals surface area contributed by atoms with E-state index in [1.165, 1.54) is 0 Å². The lowest BCUT2D eigenvalue weighted by Crippen LogP contribution is -2.40. The van der Waals surface area contributed by atoms with Gasteiger partial charge in [0.25, 0.3) is 11.8 Å². The Morgan fingerprint density at radius 1 is 0.788 bits per heavy atom. The smallest absolute Gasteiger partial charge is 0.258 e. The van der Waals surface area contributed by atoms with Crippen LogP contribution in [0, 0.1) is 12.8 Å². The fraction of sp³-hybridized carbons (Fsp3) is 0.231. The van der Waals surface area contributed by atoms with Gasteiger partial charge in [0.15, 0.2) is 0 Å². The predicted octanol–water partition coefficient (Wildman–Crippen LogP) is 7.20. The van der Waals surface area contributed by atoms with Crippen LogP contribution in [-0.4, -0.2) is 17.9 Å². The number of anilines is 1. The van der Waals surface area contributed by atoms with Crippen LogP contribution < -0.4 is 10.6 Å². The van der Waals surface area contributed by atoms with Gasteiger partial charge in [0.1, 0.15) is 0 Å². The summed E-state index contributed by atoms with van der Waals surface area (Å²) < 4.78 is 0. The Kier molecular flexibility index (Phi) is 8.41. The lowest BCUT2D eigenvalue weighted by Gasteiger charge is -2.23. The summed E-state index contributed by atoms with van der Waals surface area (Å²) in [5.41, 5.74) is 3.22.